The number of anilines is 1. The van der Waals surface area contributed by atoms with Crippen LogP contribution in [0.25, 0.3) is 11.3 Å². The summed E-state index contributed by atoms with van der Waals surface area (Å²) in [6.07, 6.45) is 0. The summed E-state index contributed by atoms with van der Waals surface area (Å²) in [6.45, 7) is 0. The number of hydrogen-bond acceptors (Lipinski definition) is 2. The standard InChI is InChI=1S/C12H11F2N3O/c1-16-12-9(11(15)18)5-10(17-12)6-2-7(13)4-8(14)3-6/h2-5,16-17H,1H3,(H2,15,18). The Hall–Kier alpha value is -2.37. The Balaban J connectivity index is 2.54. The van der Waals surface area contributed by atoms with Crippen molar-refractivity contribution >= 4 is 11.7 Å². The molecule has 0 fully saturated rings. The van der Waals surface area contributed by atoms with E-state index in [1.807, 2.05) is 0 Å². The number of benzene rings is 1. The van der Waals surface area contributed by atoms with Gasteiger partial charge in [0.1, 0.15) is 17.5 Å². The SMILES string of the molecule is CNc1[nH]c(-c2cc(F)cc(F)c2)cc1C(N)=O. The molecule has 94 valence electrons. The number of hydrogen-bond donors (Lipinski definition) is 3. The predicted octanol–water partition coefficient (Wildman–Crippen LogP) is 2.10. The summed E-state index contributed by atoms with van der Waals surface area (Å²) in [5.74, 6) is -1.60. The average molecular weight is 251 g/mol. The Labute approximate surface area is 102 Å². The molecular formula is C12H11F2N3O. The molecule has 6 heteroatoms. The van der Waals surface area contributed by atoms with E-state index in [0.29, 0.717) is 17.1 Å². The molecule has 18 heavy (non-hydrogen) atoms. The zero-order chi connectivity index (χ0) is 13.3. The van der Waals surface area contributed by atoms with Gasteiger partial charge in [-0.3, -0.25) is 4.79 Å². The van der Waals surface area contributed by atoms with Crippen LogP contribution in [-0.4, -0.2) is 17.9 Å². The summed E-state index contributed by atoms with van der Waals surface area (Å²) >= 11 is 0. The van der Waals surface area contributed by atoms with Gasteiger partial charge in [-0.15, -0.1) is 0 Å². The number of rotatable bonds is 3. The number of primary amides is 1. The van der Waals surface area contributed by atoms with E-state index in [1.165, 1.54) is 18.2 Å². The second-order valence-electron chi connectivity index (χ2n) is 3.74. The molecule has 4 N–H and O–H groups in total. The minimum atomic E-state index is -0.689. The van der Waals surface area contributed by atoms with E-state index in [-0.39, 0.29) is 5.56 Å². The molecule has 2 aromatic rings. The Morgan fingerprint density at radius 2 is 1.83 bits per heavy atom. The first kappa shape index (κ1) is 12.1. The molecule has 0 bridgehead atoms. The second-order valence-corrected chi connectivity index (χ2v) is 3.74. The second kappa shape index (κ2) is 4.48. The van der Waals surface area contributed by atoms with Crippen molar-refractivity contribution in [1.82, 2.24) is 4.98 Å². The van der Waals surface area contributed by atoms with Crippen LogP contribution in [0.2, 0.25) is 0 Å². The monoisotopic (exact) mass is 251 g/mol. The number of amides is 1. The van der Waals surface area contributed by atoms with Crippen molar-refractivity contribution in [2.75, 3.05) is 12.4 Å². The molecule has 0 unspecified atom stereocenters. The van der Waals surface area contributed by atoms with Gasteiger partial charge in [-0.1, -0.05) is 0 Å². The lowest BCUT2D eigenvalue weighted by Crippen LogP contribution is -2.11. The van der Waals surface area contributed by atoms with Crippen molar-refractivity contribution < 1.29 is 13.6 Å². The minimum Gasteiger partial charge on any atom is -0.374 e. The topological polar surface area (TPSA) is 70.9 Å². The fourth-order valence-corrected chi connectivity index (χ4v) is 1.71. The Bertz CT molecular complexity index is 587. The number of aromatic amines is 1. The van der Waals surface area contributed by atoms with E-state index in [0.717, 1.165) is 6.07 Å². The maximum absolute atomic E-state index is 13.1. The van der Waals surface area contributed by atoms with Crippen LogP contribution in [0.5, 0.6) is 0 Å². The molecular weight excluding hydrogens is 240 g/mol. The number of carbonyl (C=O) groups excluding carboxylic acids is 1. The molecule has 1 heterocycles. The van der Waals surface area contributed by atoms with Crippen molar-refractivity contribution in [2.45, 2.75) is 0 Å². The minimum absolute atomic E-state index is 0.233. The predicted molar refractivity (Wildman–Crippen MR) is 64.2 cm³/mol. The molecule has 2 rings (SSSR count). The fourth-order valence-electron chi connectivity index (χ4n) is 1.71. The van der Waals surface area contributed by atoms with Crippen LogP contribution in [0.1, 0.15) is 10.4 Å². The highest BCUT2D eigenvalue weighted by atomic mass is 19.1. The Morgan fingerprint density at radius 3 is 2.28 bits per heavy atom. The maximum atomic E-state index is 13.1. The van der Waals surface area contributed by atoms with E-state index in [2.05, 4.69) is 10.3 Å². The summed E-state index contributed by atoms with van der Waals surface area (Å²) in [7, 11) is 1.61. The van der Waals surface area contributed by atoms with Gasteiger partial charge < -0.3 is 16.0 Å². The first-order chi connectivity index (χ1) is 8.51. The quantitative estimate of drug-likeness (QED) is 0.781. The number of nitrogens with one attached hydrogen (secondary N) is 2. The number of nitrogens with two attached hydrogens (primary N) is 1. The van der Waals surface area contributed by atoms with Crippen molar-refractivity contribution in [2.24, 2.45) is 5.73 Å². The highest BCUT2D eigenvalue weighted by molar-refractivity contribution is 5.99. The van der Waals surface area contributed by atoms with E-state index < -0.39 is 17.5 Å². The third-order valence-electron chi connectivity index (χ3n) is 2.51. The summed E-state index contributed by atoms with van der Waals surface area (Å²) in [4.78, 5) is 14.0. The number of aromatic nitrogens is 1. The largest absolute Gasteiger partial charge is 0.374 e. The van der Waals surface area contributed by atoms with Gasteiger partial charge in [0, 0.05) is 24.4 Å². The van der Waals surface area contributed by atoms with Gasteiger partial charge in [0.15, 0.2) is 0 Å². The van der Waals surface area contributed by atoms with Crippen molar-refractivity contribution in [3.63, 3.8) is 0 Å². The van der Waals surface area contributed by atoms with E-state index in [1.54, 1.807) is 7.05 Å². The smallest absolute Gasteiger partial charge is 0.252 e. The number of H-pyrrole nitrogens is 1. The van der Waals surface area contributed by atoms with Crippen molar-refractivity contribution in [1.29, 1.82) is 0 Å². The Morgan fingerprint density at radius 1 is 1.22 bits per heavy atom. The normalized spacial score (nSPS) is 10.4. The molecule has 4 nitrogen and oxygen atoms in total. The van der Waals surface area contributed by atoms with E-state index >= 15 is 0 Å². The van der Waals surface area contributed by atoms with Gasteiger partial charge in [-0.25, -0.2) is 8.78 Å². The molecule has 1 aromatic heterocycles. The molecule has 1 amide bonds. The third-order valence-corrected chi connectivity index (χ3v) is 2.51. The first-order valence-corrected chi connectivity index (χ1v) is 5.18. The molecule has 0 atom stereocenters. The first-order valence-electron chi connectivity index (χ1n) is 5.18. The molecule has 0 aliphatic carbocycles. The summed E-state index contributed by atoms with van der Waals surface area (Å²) in [5.41, 5.74) is 6.14. The number of carbonyl (C=O) groups is 1. The van der Waals surface area contributed by atoms with Crippen LogP contribution in [0.3, 0.4) is 0 Å². The van der Waals surface area contributed by atoms with Gasteiger partial charge in [-0.05, 0) is 18.2 Å². The van der Waals surface area contributed by atoms with Crippen LogP contribution in [0.4, 0.5) is 14.6 Å². The molecule has 0 radical (unpaired) electrons. The zero-order valence-corrected chi connectivity index (χ0v) is 9.55. The lowest BCUT2D eigenvalue weighted by molar-refractivity contribution is 0.100. The zero-order valence-electron chi connectivity index (χ0n) is 9.55. The number of halogens is 2. The lowest BCUT2D eigenvalue weighted by Gasteiger charge is -2.00. The van der Waals surface area contributed by atoms with Gasteiger partial charge in [0.05, 0.1) is 5.56 Å². The van der Waals surface area contributed by atoms with Crippen LogP contribution in [0, 0.1) is 11.6 Å². The van der Waals surface area contributed by atoms with Crippen molar-refractivity contribution in [3.8, 4) is 11.3 Å². The van der Waals surface area contributed by atoms with Gasteiger partial charge in [0.25, 0.3) is 5.91 Å². The van der Waals surface area contributed by atoms with Gasteiger partial charge >= 0.3 is 0 Å². The highest BCUT2D eigenvalue weighted by Crippen LogP contribution is 2.25. The van der Waals surface area contributed by atoms with Gasteiger partial charge in [0.2, 0.25) is 0 Å². The van der Waals surface area contributed by atoms with E-state index in [4.69, 9.17) is 5.73 Å². The average Bonchev–Trinajstić information content (AvgIpc) is 2.71. The maximum Gasteiger partial charge on any atom is 0.252 e. The van der Waals surface area contributed by atoms with Crippen LogP contribution in [-0.2, 0) is 0 Å². The molecule has 0 aliphatic heterocycles. The molecule has 0 spiro atoms. The molecule has 1 aromatic carbocycles. The molecule has 0 saturated carbocycles. The van der Waals surface area contributed by atoms with Gasteiger partial charge in [-0.2, -0.15) is 0 Å². The van der Waals surface area contributed by atoms with E-state index in [9.17, 15) is 13.6 Å². The van der Waals surface area contributed by atoms with Crippen LogP contribution < -0.4 is 11.1 Å². The van der Waals surface area contributed by atoms with Crippen molar-refractivity contribution in [3.05, 3.63) is 41.5 Å². The molecule has 0 aliphatic rings. The highest BCUT2D eigenvalue weighted by Gasteiger charge is 2.13. The van der Waals surface area contributed by atoms with Crippen LogP contribution in [0.15, 0.2) is 24.3 Å². The Kier molecular flexibility index (Phi) is 3.01. The summed E-state index contributed by atoms with van der Waals surface area (Å²) < 4.78 is 26.2. The van der Waals surface area contributed by atoms with Crippen LogP contribution >= 0.6 is 0 Å². The fraction of sp³-hybridized carbons (Fsp3) is 0.0833. The summed E-state index contributed by atoms with van der Waals surface area (Å²) in [6, 6.07) is 4.56. The third kappa shape index (κ3) is 2.17. The molecule has 0 saturated heterocycles. The lowest BCUT2D eigenvalue weighted by atomic mass is 10.1. The summed E-state index contributed by atoms with van der Waals surface area (Å²) in [5, 5.41) is 2.75.